The number of hydrogen-bond acceptors (Lipinski definition) is 4. The van der Waals surface area contributed by atoms with Crippen LogP contribution in [0.1, 0.15) is 36.6 Å². The van der Waals surface area contributed by atoms with Crippen LogP contribution in [0.2, 0.25) is 0 Å². The Morgan fingerprint density at radius 1 is 1.28 bits per heavy atom. The Labute approximate surface area is 145 Å². The average molecular weight is 339 g/mol. The third-order valence-electron chi connectivity index (χ3n) is 4.14. The number of aryl methyl sites for hydroxylation is 2. The Bertz CT molecular complexity index is 973. The molecule has 0 fully saturated rings. The normalized spacial score (nSPS) is 12.3. The summed E-state index contributed by atoms with van der Waals surface area (Å²) in [6.45, 7) is 5.58. The lowest BCUT2D eigenvalue weighted by Gasteiger charge is -2.15. The molecule has 0 unspecified atom stereocenters. The summed E-state index contributed by atoms with van der Waals surface area (Å²) >= 11 is 0. The zero-order valence-corrected chi connectivity index (χ0v) is 14.5. The molecule has 0 radical (unpaired) electrons. The highest BCUT2D eigenvalue weighted by Gasteiger charge is 2.17. The summed E-state index contributed by atoms with van der Waals surface area (Å²) in [5, 5.41) is 8.55. The van der Waals surface area contributed by atoms with Crippen LogP contribution in [0.5, 0.6) is 0 Å². The van der Waals surface area contributed by atoms with Gasteiger partial charge in [0.25, 0.3) is 5.56 Å². The fourth-order valence-electron chi connectivity index (χ4n) is 2.86. The molecule has 1 amide bonds. The Morgan fingerprint density at radius 3 is 2.64 bits per heavy atom. The maximum atomic E-state index is 12.5. The fourth-order valence-corrected chi connectivity index (χ4v) is 2.86. The van der Waals surface area contributed by atoms with E-state index in [1.807, 2.05) is 32.9 Å². The Kier molecular flexibility index (Phi) is 4.65. The zero-order valence-electron chi connectivity index (χ0n) is 14.5. The van der Waals surface area contributed by atoms with Crippen molar-refractivity contribution >= 4 is 16.7 Å². The highest BCUT2D eigenvalue weighted by molar-refractivity contribution is 5.83. The predicted octanol–water partition coefficient (Wildman–Crippen LogP) is 2.00. The number of benzene rings is 1. The van der Waals surface area contributed by atoms with Crippen molar-refractivity contribution in [2.24, 2.45) is 0 Å². The maximum Gasteiger partial charge on any atom is 0.275 e. The van der Waals surface area contributed by atoms with Gasteiger partial charge in [0.1, 0.15) is 12.4 Å². The van der Waals surface area contributed by atoms with Gasteiger partial charge in [-0.25, -0.2) is 9.67 Å². The van der Waals surface area contributed by atoms with Gasteiger partial charge in [-0.3, -0.25) is 9.59 Å². The third kappa shape index (κ3) is 3.45. The van der Waals surface area contributed by atoms with Gasteiger partial charge in [-0.15, -0.1) is 0 Å². The molecule has 1 aromatic carbocycles. The van der Waals surface area contributed by atoms with E-state index in [0.29, 0.717) is 17.6 Å². The van der Waals surface area contributed by atoms with E-state index in [-0.39, 0.29) is 24.1 Å². The van der Waals surface area contributed by atoms with Gasteiger partial charge in [0.2, 0.25) is 5.91 Å². The lowest BCUT2D eigenvalue weighted by atomic mass is 10.1. The summed E-state index contributed by atoms with van der Waals surface area (Å²) in [6, 6.07) is 7.06. The van der Waals surface area contributed by atoms with Crippen LogP contribution in [0.4, 0.5) is 0 Å². The van der Waals surface area contributed by atoms with Crippen LogP contribution in [0.3, 0.4) is 0 Å². The quantitative estimate of drug-likeness (QED) is 0.743. The van der Waals surface area contributed by atoms with Gasteiger partial charge in [0, 0.05) is 17.3 Å². The number of hydrogen-bond donors (Lipinski definition) is 2. The van der Waals surface area contributed by atoms with Crippen LogP contribution in [-0.4, -0.2) is 25.7 Å². The van der Waals surface area contributed by atoms with Crippen LogP contribution in [0, 0.1) is 13.8 Å². The molecule has 0 aliphatic rings. The van der Waals surface area contributed by atoms with Gasteiger partial charge in [-0.1, -0.05) is 25.1 Å². The van der Waals surface area contributed by atoms with E-state index >= 15 is 0 Å². The first-order chi connectivity index (χ1) is 12.0. The van der Waals surface area contributed by atoms with E-state index in [1.165, 1.54) is 4.68 Å². The minimum absolute atomic E-state index is 0.124. The van der Waals surface area contributed by atoms with Crippen LogP contribution < -0.4 is 10.9 Å². The molecule has 3 aromatic rings. The van der Waals surface area contributed by atoms with Crippen LogP contribution in [0.25, 0.3) is 10.8 Å². The van der Waals surface area contributed by atoms with Crippen LogP contribution in [-0.2, 0) is 11.3 Å². The van der Waals surface area contributed by atoms with E-state index in [1.54, 1.807) is 18.3 Å². The second-order valence-electron chi connectivity index (χ2n) is 6.07. The van der Waals surface area contributed by atoms with E-state index in [9.17, 15) is 9.59 Å². The van der Waals surface area contributed by atoms with Crippen molar-refractivity contribution in [1.82, 2.24) is 25.1 Å². The monoisotopic (exact) mass is 339 g/mol. The van der Waals surface area contributed by atoms with E-state index in [4.69, 9.17) is 0 Å². The third-order valence-corrected chi connectivity index (χ3v) is 4.14. The summed E-state index contributed by atoms with van der Waals surface area (Å²) < 4.78 is 1.22. The topological polar surface area (TPSA) is 92.7 Å². The van der Waals surface area contributed by atoms with E-state index in [0.717, 1.165) is 16.8 Å². The first-order valence-corrected chi connectivity index (χ1v) is 8.27. The Hall–Kier alpha value is -2.96. The number of aromatic amines is 1. The number of fused-ring (bicyclic) bond motifs is 1. The molecule has 0 saturated carbocycles. The van der Waals surface area contributed by atoms with Crippen molar-refractivity contribution in [3.63, 3.8) is 0 Å². The second-order valence-corrected chi connectivity index (χ2v) is 6.07. The lowest BCUT2D eigenvalue weighted by molar-refractivity contribution is -0.122. The average Bonchev–Trinajstić information content (AvgIpc) is 3.03. The number of carbonyl (C=O) groups excluding carboxylic acids is 1. The molecule has 2 aromatic heterocycles. The summed E-state index contributed by atoms with van der Waals surface area (Å²) in [5.41, 5.74) is 1.39. The SMILES string of the molecule is CC[C@H](NC(=O)Cn1nc(C)c2ccccc2c1=O)c1ncc(C)[nH]1. The predicted molar refractivity (Wildman–Crippen MR) is 95.2 cm³/mol. The Balaban J connectivity index is 1.82. The van der Waals surface area contributed by atoms with Gasteiger partial charge < -0.3 is 10.3 Å². The van der Waals surface area contributed by atoms with Gasteiger partial charge in [0.05, 0.1) is 17.1 Å². The number of amides is 1. The lowest BCUT2D eigenvalue weighted by Crippen LogP contribution is -2.36. The summed E-state index contributed by atoms with van der Waals surface area (Å²) in [6.07, 6.45) is 2.42. The maximum absolute atomic E-state index is 12.5. The van der Waals surface area contributed by atoms with Crippen molar-refractivity contribution in [1.29, 1.82) is 0 Å². The smallest absolute Gasteiger partial charge is 0.275 e. The van der Waals surface area contributed by atoms with Crippen LogP contribution >= 0.6 is 0 Å². The molecule has 0 aliphatic heterocycles. The van der Waals surface area contributed by atoms with Crippen LogP contribution in [0.15, 0.2) is 35.3 Å². The second kappa shape index (κ2) is 6.88. The van der Waals surface area contributed by atoms with Gasteiger partial charge >= 0.3 is 0 Å². The molecule has 7 heteroatoms. The zero-order chi connectivity index (χ0) is 18.0. The number of carbonyl (C=O) groups is 1. The van der Waals surface area contributed by atoms with Crippen molar-refractivity contribution < 1.29 is 4.79 Å². The standard InChI is InChI=1S/C18H21N5O2/c1-4-15(17-19-9-11(2)20-17)21-16(24)10-23-18(25)14-8-6-5-7-13(14)12(3)22-23/h5-9,15H,4,10H2,1-3H3,(H,19,20)(H,21,24)/t15-/m0/s1. The van der Waals surface area contributed by atoms with E-state index in [2.05, 4.69) is 20.4 Å². The minimum Gasteiger partial charge on any atom is -0.345 e. The molecule has 3 rings (SSSR count). The molecule has 1 atom stereocenters. The highest BCUT2D eigenvalue weighted by Crippen LogP contribution is 2.13. The summed E-state index contributed by atoms with van der Waals surface area (Å²) in [7, 11) is 0. The molecule has 25 heavy (non-hydrogen) atoms. The molecule has 0 saturated heterocycles. The summed E-state index contributed by atoms with van der Waals surface area (Å²) in [5.74, 6) is 0.438. The molecule has 0 spiro atoms. The number of H-pyrrole nitrogens is 1. The largest absolute Gasteiger partial charge is 0.345 e. The van der Waals surface area contributed by atoms with E-state index < -0.39 is 0 Å². The molecule has 2 heterocycles. The minimum atomic E-state index is -0.273. The molecule has 0 bridgehead atoms. The number of rotatable bonds is 5. The molecule has 2 N–H and O–H groups in total. The van der Waals surface area contributed by atoms with Gasteiger partial charge in [-0.2, -0.15) is 5.10 Å². The van der Waals surface area contributed by atoms with Crippen molar-refractivity contribution in [3.05, 3.63) is 58.0 Å². The van der Waals surface area contributed by atoms with Crippen molar-refractivity contribution in [3.8, 4) is 0 Å². The molecule has 130 valence electrons. The number of nitrogens with one attached hydrogen (secondary N) is 2. The first-order valence-electron chi connectivity index (χ1n) is 8.27. The Morgan fingerprint density at radius 2 is 2.00 bits per heavy atom. The number of nitrogens with zero attached hydrogens (tertiary/aromatic N) is 3. The number of aromatic nitrogens is 4. The van der Waals surface area contributed by atoms with Gasteiger partial charge in [0.15, 0.2) is 0 Å². The first kappa shape index (κ1) is 16.9. The van der Waals surface area contributed by atoms with Crippen molar-refractivity contribution in [2.45, 2.75) is 39.8 Å². The summed E-state index contributed by atoms with van der Waals surface area (Å²) in [4.78, 5) is 32.4. The number of imidazole rings is 1. The highest BCUT2D eigenvalue weighted by atomic mass is 16.2. The van der Waals surface area contributed by atoms with Gasteiger partial charge in [-0.05, 0) is 26.3 Å². The molecule has 0 aliphatic carbocycles. The molecular weight excluding hydrogens is 318 g/mol. The molecule has 7 nitrogen and oxygen atoms in total. The van der Waals surface area contributed by atoms with Crippen molar-refractivity contribution in [2.75, 3.05) is 0 Å². The molecular formula is C18H21N5O2. The fraction of sp³-hybridized carbons (Fsp3) is 0.333.